The summed E-state index contributed by atoms with van der Waals surface area (Å²) >= 11 is 0. The van der Waals surface area contributed by atoms with Gasteiger partial charge in [-0.3, -0.25) is 0 Å². The number of benzene rings is 1. The van der Waals surface area contributed by atoms with Crippen LogP contribution < -0.4 is 14.5 Å². The second-order valence-electron chi connectivity index (χ2n) is 5.54. The third-order valence-corrected chi connectivity index (χ3v) is 3.85. The number of hydrogen-bond acceptors (Lipinski definition) is 5. The van der Waals surface area contributed by atoms with Gasteiger partial charge in [-0.2, -0.15) is 10.2 Å². The number of para-hydroxylation sites is 1. The summed E-state index contributed by atoms with van der Waals surface area (Å²) in [5.74, 6) is 0.439. The number of piperazine rings is 1. The van der Waals surface area contributed by atoms with Gasteiger partial charge in [-0.05, 0) is 12.1 Å². The topological polar surface area (TPSA) is 66.7 Å². The molecule has 0 radical (unpaired) electrons. The summed E-state index contributed by atoms with van der Waals surface area (Å²) in [4.78, 5) is 7.61. The van der Waals surface area contributed by atoms with Crippen LogP contribution in [-0.4, -0.2) is 38.2 Å². The molecule has 0 atom stereocenters. The van der Waals surface area contributed by atoms with E-state index in [1.54, 1.807) is 12.1 Å². The molecule has 1 aliphatic rings. The Morgan fingerprint density at radius 3 is 2.83 bits per heavy atom. The highest BCUT2D eigenvalue weighted by Crippen LogP contribution is 2.23. The molecule has 1 N–H and O–H groups in total. The zero-order valence-electron chi connectivity index (χ0n) is 12.9. The molecule has 1 saturated heterocycles. The van der Waals surface area contributed by atoms with Crippen LogP contribution in [0.5, 0.6) is 5.75 Å². The van der Waals surface area contributed by atoms with Crippen LogP contribution in [0.3, 0.4) is 0 Å². The van der Waals surface area contributed by atoms with Crippen molar-refractivity contribution < 1.29 is 18.4 Å². The Morgan fingerprint density at radius 2 is 2.13 bits per heavy atom. The van der Waals surface area contributed by atoms with Crippen LogP contribution in [-0.2, 0) is 6.61 Å². The molecule has 0 aliphatic carbocycles. The summed E-state index contributed by atoms with van der Waals surface area (Å²) in [6.45, 7) is 3.56. The van der Waals surface area contributed by atoms with Gasteiger partial charge in [0.25, 0.3) is 0 Å². The first-order chi connectivity index (χ1) is 11.2. The Balaban J connectivity index is 1.72. The number of halogens is 1. The Hall–Kier alpha value is -2.59. The highest BCUT2D eigenvalue weighted by molar-refractivity contribution is 5.48. The third kappa shape index (κ3) is 3.43. The normalized spacial score (nSPS) is 15.4. The van der Waals surface area contributed by atoms with E-state index < -0.39 is 5.82 Å². The lowest BCUT2D eigenvalue weighted by Gasteiger charge is -2.29. The lowest BCUT2D eigenvalue weighted by Crippen LogP contribution is -3.12. The van der Waals surface area contributed by atoms with Gasteiger partial charge < -0.3 is 19.0 Å². The number of likely N-dealkylation sites (N-methyl/N-ethyl adjacent to an activating group) is 1. The van der Waals surface area contributed by atoms with Gasteiger partial charge >= 0.3 is 0 Å². The van der Waals surface area contributed by atoms with Crippen molar-refractivity contribution in [1.82, 2.24) is 4.98 Å². The molecule has 6 nitrogen and oxygen atoms in total. The number of nitriles is 1. The molecule has 1 aliphatic heterocycles. The fourth-order valence-corrected chi connectivity index (χ4v) is 2.50. The molecule has 120 valence electrons. The second kappa shape index (κ2) is 6.67. The number of quaternary nitrogens is 1. The number of ether oxygens (including phenoxy) is 1. The minimum absolute atomic E-state index is 0.0192. The zero-order chi connectivity index (χ0) is 16.2. The van der Waals surface area contributed by atoms with Gasteiger partial charge in [0, 0.05) is 0 Å². The second-order valence-corrected chi connectivity index (χ2v) is 5.54. The van der Waals surface area contributed by atoms with E-state index in [0.717, 1.165) is 26.2 Å². The number of rotatable bonds is 4. The molecule has 7 heteroatoms. The van der Waals surface area contributed by atoms with Crippen molar-refractivity contribution in [1.29, 1.82) is 5.26 Å². The lowest BCUT2D eigenvalue weighted by molar-refractivity contribution is -0.880. The number of oxazole rings is 1. The van der Waals surface area contributed by atoms with E-state index in [2.05, 4.69) is 18.1 Å². The molecule has 1 aromatic carbocycles. The predicted octanol–water partition coefficient (Wildman–Crippen LogP) is 0.599. The molecule has 0 bridgehead atoms. The zero-order valence-corrected chi connectivity index (χ0v) is 12.9. The minimum Gasteiger partial charge on any atom is -0.481 e. The van der Waals surface area contributed by atoms with E-state index in [1.165, 1.54) is 17.0 Å². The number of nitrogens with zero attached hydrogens (tertiary/aromatic N) is 3. The van der Waals surface area contributed by atoms with E-state index in [1.807, 2.05) is 4.90 Å². The van der Waals surface area contributed by atoms with Gasteiger partial charge in [-0.25, -0.2) is 4.39 Å². The molecule has 0 amide bonds. The number of anilines is 1. The Morgan fingerprint density at radius 1 is 1.39 bits per heavy atom. The van der Waals surface area contributed by atoms with Crippen molar-refractivity contribution in [3.63, 3.8) is 0 Å². The van der Waals surface area contributed by atoms with Gasteiger partial charge in [0.05, 0.1) is 33.2 Å². The van der Waals surface area contributed by atoms with Gasteiger partial charge in [-0.1, -0.05) is 12.1 Å². The Bertz CT molecular complexity index is 717. The average molecular weight is 317 g/mol. The van der Waals surface area contributed by atoms with E-state index in [4.69, 9.17) is 9.15 Å². The fourth-order valence-electron chi connectivity index (χ4n) is 2.50. The van der Waals surface area contributed by atoms with Gasteiger partial charge in [0.2, 0.25) is 17.5 Å². The molecular formula is C16H18FN4O2+. The Labute approximate surface area is 133 Å². The van der Waals surface area contributed by atoms with E-state index >= 15 is 0 Å². The summed E-state index contributed by atoms with van der Waals surface area (Å²) in [6.07, 6.45) is 0. The molecule has 3 rings (SSSR count). The van der Waals surface area contributed by atoms with E-state index in [0.29, 0.717) is 5.88 Å². The first kappa shape index (κ1) is 15.3. The van der Waals surface area contributed by atoms with Crippen LogP contribution in [0.1, 0.15) is 11.6 Å². The SMILES string of the molecule is C[NH+]1CCN(c2oc(COc3ccccc3F)nc2C#N)CC1. The summed E-state index contributed by atoms with van der Waals surface area (Å²) in [5.41, 5.74) is 0.247. The first-order valence-electron chi connectivity index (χ1n) is 7.50. The monoisotopic (exact) mass is 317 g/mol. The number of aromatic nitrogens is 1. The van der Waals surface area contributed by atoms with Crippen molar-refractivity contribution in [2.75, 3.05) is 38.1 Å². The highest BCUT2D eigenvalue weighted by Gasteiger charge is 2.24. The first-order valence-corrected chi connectivity index (χ1v) is 7.50. The van der Waals surface area contributed by atoms with Crippen molar-refractivity contribution in [3.8, 4) is 11.8 Å². The molecule has 2 heterocycles. The maximum atomic E-state index is 13.5. The van der Waals surface area contributed by atoms with Crippen molar-refractivity contribution in [2.45, 2.75) is 6.61 Å². The molecular weight excluding hydrogens is 299 g/mol. The summed E-state index contributed by atoms with van der Waals surface area (Å²) in [5, 5.41) is 9.24. The smallest absolute Gasteiger partial charge is 0.236 e. The van der Waals surface area contributed by atoms with Crippen molar-refractivity contribution >= 4 is 5.88 Å². The van der Waals surface area contributed by atoms with Crippen LogP contribution in [0.4, 0.5) is 10.3 Å². The van der Waals surface area contributed by atoms with Crippen LogP contribution >= 0.6 is 0 Å². The van der Waals surface area contributed by atoms with Gasteiger partial charge in [0.15, 0.2) is 18.2 Å². The molecule has 0 unspecified atom stereocenters. The average Bonchev–Trinajstić information content (AvgIpc) is 2.98. The van der Waals surface area contributed by atoms with Gasteiger partial charge in [0.1, 0.15) is 6.07 Å². The highest BCUT2D eigenvalue weighted by atomic mass is 19.1. The van der Waals surface area contributed by atoms with Gasteiger partial charge in [-0.15, -0.1) is 0 Å². The van der Waals surface area contributed by atoms with E-state index in [-0.39, 0.29) is 23.9 Å². The molecule has 1 aromatic heterocycles. The number of nitrogens with one attached hydrogen (secondary N) is 1. The number of hydrogen-bond donors (Lipinski definition) is 1. The molecule has 1 fully saturated rings. The summed E-state index contributed by atoms with van der Waals surface area (Å²) < 4.78 is 24.6. The van der Waals surface area contributed by atoms with Crippen LogP contribution in [0.2, 0.25) is 0 Å². The lowest BCUT2D eigenvalue weighted by atomic mass is 10.3. The maximum absolute atomic E-state index is 13.5. The van der Waals surface area contributed by atoms with Crippen molar-refractivity contribution in [2.24, 2.45) is 0 Å². The standard InChI is InChI=1S/C16H17FN4O2/c1-20-6-8-21(9-7-20)16-13(10-18)19-15(23-16)11-22-14-5-3-2-4-12(14)17/h2-5H,6-9,11H2,1H3/p+1. The maximum Gasteiger partial charge on any atom is 0.236 e. The summed E-state index contributed by atoms with van der Waals surface area (Å²) in [6, 6.07) is 8.19. The predicted molar refractivity (Wildman–Crippen MR) is 80.8 cm³/mol. The third-order valence-electron chi connectivity index (χ3n) is 3.85. The van der Waals surface area contributed by atoms with E-state index in [9.17, 15) is 9.65 Å². The largest absolute Gasteiger partial charge is 0.481 e. The van der Waals surface area contributed by atoms with Crippen molar-refractivity contribution in [3.05, 3.63) is 41.7 Å². The van der Waals surface area contributed by atoms with Crippen LogP contribution in [0.15, 0.2) is 28.7 Å². The summed E-state index contributed by atoms with van der Waals surface area (Å²) in [7, 11) is 2.14. The fraction of sp³-hybridized carbons (Fsp3) is 0.375. The Kier molecular flexibility index (Phi) is 4.44. The van der Waals surface area contributed by atoms with Crippen LogP contribution in [0, 0.1) is 17.1 Å². The van der Waals surface area contributed by atoms with Crippen LogP contribution in [0.25, 0.3) is 0 Å². The molecule has 2 aromatic rings. The molecule has 0 spiro atoms. The quantitative estimate of drug-likeness (QED) is 0.894. The molecule has 23 heavy (non-hydrogen) atoms. The molecule has 0 saturated carbocycles. The minimum atomic E-state index is -0.443.